The molecule has 0 bridgehead atoms. The van der Waals surface area contributed by atoms with Gasteiger partial charge in [0.25, 0.3) is 0 Å². The predicted octanol–water partition coefficient (Wildman–Crippen LogP) is 6.13. The third kappa shape index (κ3) is 4.53. The third-order valence-electron chi connectivity index (χ3n) is 6.67. The monoisotopic (exact) mass is 460 g/mol. The van der Waals surface area contributed by atoms with E-state index in [9.17, 15) is 9.50 Å². The fourth-order valence-corrected chi connectivity index (χ4v) is 5.91. The number of piperazine rings is 1. The molecule has 1 saturated heterocycles. The SMILES string of the molecule is CC(C)N1CCN(c2ccc(C3=C(c4ccc(F)cc4)CSc4cc(O)ccc43)cc2)CC1. The maximum Gasteiger partial charge on any atom is 0.123 e. The number of thioether (sulfide) groups is 1. The first kappa shape index (κ1) is 22.1. The van der Waals surface area contributed by atoms with Crippen molar-refractivity contribution in [2.24, 2.45) is 0 Å². The fourth-order valence-electron chi connectivity index (χ4n) is 4.77. The van der Waals surface area contributed by atoms with Crippen molar-refractivity contribution in [2.45, 2.75) is 24.8 Å². The van der Waals surface area contributed by atoms with Gasteiger partial charge >= 0.3 is 0 Å². The van der Waals surface area contributed by atoms with Crippen molar-refractivity contribution in [3.8, 4) is 5.75 Å². The number of anilines is 1. The van der Waals surface area contributed by atoms with E-state index < -0.39 is 0 Å². The molecule has 2 heterocycles. The predicted molar refractivity (Wildman–Crippen MR) is 137 cm³/mol. The Kier molecular flexibility index (Phi) is 6.17. The molecule has 2 aliphatic rings. The Hall–Kier alpha value is -2.76. The molecule has 0 spiro atoms. The largest absolute Gasteiger partial charge is 0.508 e. The maximum atomic E-state index is 13.6. The van der Waals surface area contributed by atoms with E-state index in [-0.39, 0.29) is 11.6 Å². The summed E-state index contributed by atoms with van der Waals surface area (Å²) in [4.78, 5) is 6.06. The van der Waals surface area contributed by atoms with E-state index in [1.54, 1.807) is 17.8 Å². The molecular formula is C28H29FN2OS. The number of rotatable bonds is 4. The topological polar surface area (TPSA) is 26.7 Å². The molecule has 3 aromatic rings. The molecule has 3 nitrogen and oxygen atoms in total. The number of halogens is 1. The Morgan fingerprint density at radius 2 is 1.52 bits per heavy atom. The summed E-state index contributed by atoms with van der Waals surface area (Å²) >= 11 is 1.71. The highest BCUT2D eigenvalue weighted by atomic mass is 32.2. The molecule has 3 aromatic carbocycles. The Morgan fingerprint density at radius 1 is 0.848 bits per heavy atom. The zero-order chi connectivity index (χ0) is 22.9. The molecule has 33 heavy (non-hydrogen) atoms. The summed E-state index contributed by atoms with van der Waals surface area (Å²) in [6.45, 7) is 8.79. The minimum atomic E-state index is -0.225. The van der Waals surface area contributed by atoms with E-state index >= 15 is 0 Å². The molecule has 0 aliphatic carbocycles. The van der Waals surface area contributed by atoms with Gasteiger partial charge in [0.05, 0.1) is 0 Å². The summed E-state index contributed by atoms with van der Waals surface area (Å²) in [5, 5.41) is 10.0. The van der Waals surface area contributed by atoms with Gasteiger partial charge in [0.15, 0.2) is 0 Å². The molecule has 5 heteroatoms. The number of phenols is 1. The van der Waals surface area contributed by atoms with Crippen LogP contribution in [-0.2, 0) is 0 Å². The highest BCUT2D eigenvalue weighted by Gasteiger charge is 2.23. The van der Waals surface area contributed by atoms with Gasteiger partial charge in [-0.25, -0.2) is 4.39 Å². The smallest absolute Gasteiger partial charge is 0.123 e. The van der Waals surface area contributed by atoms with Crippen LogP contribution in [0.1, 0.15) is 30.5 Å². The standard InChI is InChI=1S/C28H29FN2OS/c1-19(2)30-13-15-31(16-14-30)23-9-5-21(6-10-23)28-25-12-11-24(32)17-27(25)33-18-26(28)20-3-7-22(29)8-4-20/h3-12,17,19,32H,13-16,18H2,1-2H3. The number of fused-ring (bicyclic) bond motifs is 1. The van der Waals surface area contributed by atoms with Crippen molar-refractivity contribution in [2.75, 3.05) is 36.8 Å². The second-order valence-corrected chi connectivity index (χ2v) is 10.0. The van der Waals surface area contributed by atoms with E-state index in [4.69, 9.17) is 0 Å². The molecule has 5 rings (SSSR count). The van der Waals surface area contributed by atoms with Crippen LogP contribution in [0.15, 0.2) is 71.6 Å². The Morgan fingerprint density at radius 3 is 2.18 bits per heavy atom. The minimum Gasteiger partial charge on any atom is -0.508 e. The van der Waals surface area contributed by atoms with E-state index in [2.05, 4.69) is 47.9 Å². The van der Waals surface area contributed by atoms with Gasteiger partial charge in [0.1, 0.15) is 11.6 Å². The molecule has 170 valence electrons. The van der Waals surface area contributed by atoms with Gasteiger partial charge in [0, 0.05) is 48.6 Å². The van der Waals surface area contributed by atoms with E-state index in [1.165, 1.54) is 23.4 Å². The van der Waals surface area contributed by atoms with Crippen LogP contribution >= 0.6 is 11.8 Å². The van der Waals surface area contributed by atoms with Crippen LogP contribution in [-0.4, -0.2) is 48.0 Å². The lowest BCUT2D eigenvalue weighted by molar-refractivity contribution is 0.209. The first-order chi connectivity index (χ1) is 16.0. The lowest BCUT2D eigenvalue weighted by atomic mass is 9.89. The highest BCUT2D eigenvalue weighted by molar-refractivity contribution is 7.99. The Labute approximate surface area is 199 Å². The second-order valence-electron chi connectivity index (χ2n) is 8.99. The van der Waals surface area contributed by atoms with Gasteiger partial charge in [-0.2, -0.15) is 0 Å². The summed E-state index contributed by atoms with van der Waals surface area (Å²) in [7, 11) is 0. The quantitative estimate of drug-likeness (QED) is 0.507. The maximum absolute atomic E-state index is 13.6. The molecule has 1 fully saturated rings. The van der Waals surface area contributed by atoms with Crippen LogP contribution in [0.3, 0.4) is 0 Å². The van der Waals surface area contributed by atoms with Crippen molar-refractivity contribution in [3.05, 3.63) is 89.2 Å². The van der Waals surface area contributed by atoms with Gasteiger partial charge in [-0.15, -0.1) is 11.8 Å². The first-order valence-electron chi connectivity index (χ1n) is 11.5. The average Bonchev–Trinajstić information content (AvgIpc) is 2.84. The van der Waals surface area contributed by atoms with Crippen molar-refractivity contribution in [1.29, 1.82) is 0 Å². The van der Waals surface area contributed by atoms with Crippen molar-refractivity contribution in [3.63, 3.8) is 0 Å². The first-order valence-corrected chi connectivity index (χ1v) is 12.5. The molecule has 0 aromatic heterocycles. The lowest BCUT2D eigenvalue weighted by Gasteiger charge is -2.38. The van der Waals surface area contributed by atoms with Gasteiger partial charge in [-0.3, -0.25) is 4.90 Å². The third-order valence-corrected chi connectivity index (χ3v) is 7.75. The number of benzene rings is 3. The number of phenolic OH excluding ortho intramolecular Hbond substituents is 1. The number of nitrogens with zero attached hydrogens (tertiary/aromatic N) is 2. The minimum absolute atomic E-state index is 0.225. The number of aromatic hydroxyl groups is 1. The van der Waals surface area contributed by atoms with Crippen LogP contribution in [0.2, 0.25) is 0 Å². The van der Waals surface area contributed by atoms with Crippen molar-refractivity contribution < 1.29 is 9.50 Å². The Bertz CT molecular complexity index is 1160. The molecule has 1 N–H and O–H groups in total. The molecule has 0 atom stereocenters. The average molecular weight is 461 g/mol. The van der Waals surface area contributed by atoms with E-state index in [0.717, 1.165) is 59.1 Å². The van der Waals surface area contributed by atoms with Crippen LogP contribution in [0.25, 0.3) is 11.1 Å². The Balaban J connectivity index is 1.51. The molecule has 2 aliphatic heterocycles. The van der Waals surface area contributed by atoms with Crippen LogP contribution in [0, 0.1) is 5.82 Å². The van der Waals surface area contributed by atoms with Crippen LogP contribution in [0.5, 0.6) is 5.75 Å². The fraction of sp³-hybridized carbons (Fsp3) is 0.286. The summed E-state index contributed by atoms with van der Waals surface area (Å²) < 4.78 is 13.6. The molecule has 0 amide bonds. The van der Waals surface area contributed by atoms with E-state index in [0.29, 0.717) is 6.04 Å². The highest BCUT2D eigenvalue weighted by Crippen LogP contribution is 2.45. The van der Waals surface area contributed by atoms with Gasteiger partial charge in [-0.05, 0) is 84.1 Å². The van der Waals surface area contributed by atoms with Crippen LogP contribution < -0.4 is 4.90 Å². The summed E-state index contributed by atoms with van der Waals surface area (Å²) in [6, 6.07) is 21.8. The normalized spacial score (nSPS) is 16.9. The zero-order valence-corrected chi connectivity index (χ0v) is 19.9. The molecule has 0 saturated carbocycles. The number of hydrogen-bond donors (Lipinski definition) is 1. The van der Waals surface area contributed by atoms with Crippen molar-refractivity contribution in [1.82, 2.24) is 4.90 Å². The lowest BCUT2D eigenvalue weighted by Crippen LogP contribution is -2.48. The number of hydrogen-bond acceptors (Lipinski definition) is 4. The molecule has 0 unspecified atom stereocenters. The van der Waals surface area contributed by atoms with Crippen molar-refractivity contribution >= 4 is 28.6 Å². The molecular weight excluding hydrogens is 431 g/mol. The van der Waals surface area contributed by atoms with Gasteiger partial charge in [-0.1, -0.05) is 24.3 Å². The van der Waals surface area contributed by atoms with E-state index in [1.807, 2.05) is 24.3 Å². The van der Waals surface area contributed by atoms with Gasteiger partial charge < -0.3 is 10.0 Å². The van der Waals surface area contributed by atoms with Crippen LogP contribution in [0.4, 0.5) is 10.1 Å². The molecule has 0 radical (unpaired) electrons. The van der Waals surface area contributed by atoms with Gasteiger partial charge in [0.2, 0.25) is 0 Å². The summed E-state index contributed by atoms with van der Waals surface area (Å²) in [6.07, 6.45) is 0. The summed E-state index contributed by atoms with van der Waals surface area (Å²) in [5.74, 6) is 0.828. The zero-order valence-electron chi connectivity index (χ0n) is 19.1. The second kappa shape index (κ2) is 9.24. The summed E-state index contributed by atoms with van der Waals surface area (Å²) in [5.41, 5.74) is 6.89.